The molecule has 0 aliphatic heterocycles. The van der Waals surface area contributed by atoms with Gasteiger partial charge in [0.2, 0.25) is 0 Å². The van der Waals surface area contributed by atoms with Crippen LogP contribution in [0.4, 0.5) is 13.2 Å². The predicted octanol–water partition coefficient (Wildman–Crippen LogP) is 6.03. The van der Waals surface area contributed by atoms with Crippen LogP contribution in [0.15, 0.2) is 18.2 Å². The van der Waals surface area contributed by atoms with E-state index in [9.17, 15) is 18.0 Å². The summed E-state index contributed by atoms with van der Waals surface area (Å²) in [5.41, 5.74) is -0.175. The monoisotopic (exact) mass is 427 g/mol. The zero-order valence-electron chi connectivity index (χ0n) is 17.4. The van der Waals surface area contributed by atoms with Gasteiger partial charge < -0.3 is 14.0 Å². The molecule has 1 saturated carbocycles. The summed E-state index contributed by atoms with van der Waals surface area (Å²) < 4.78 is 54.1. The Labute approximate surface area is 170 Å². The first-order chi connectivity index (χ1) is 13.5. The van der Waals surface area contributed by atoms with Crippen LogP contribution >= 0.6 is 0 Å². The number of carbonyl (C=O) groups is 1. The number of rotatable bonds is 8. The Morgan fingerprint density at radius 2 is 1.93 bits per heavy atom. The van der Waals surface area contributed by atoms with E-state index in [-0.39, 0.29) is 18.7 Å². The summed E-state index contributed by atoms with van der Waals surface area (Å²) in [5.74, 6) is -0.666. The van der Waals surface area contributed by atoms with Crippen LogP contribution in [-0.2, 0) is 22.4 Å². The molecule has 0 amide bonds. The van der Waals surface area contributed by atoms with E-state index in [1.165, 1.54) is 4.57 Å². The van der Waals surface area contributed by atoms with Gasteiger partial charge in [-0.25, -0.2) is 4.79 Å². The van der Waals surface area contributed by atoms with Crippen molar-refractivity contribution in [2.75, 3.05) is 13.2 Å². The maximum atomic E-state index is 14.0. The lowest BCUT2D eigenvalue weighted by atomic mass is 10.0. The summed E-state index contributed by atoms with van der Waals surface area (Å²) in [6, 6.07) is 5.99. The van der Waals surface area contributed by atoms with Crippen LogP contribution in [0.5, 0.6) is 0 Å². The lowest BCUT2D eigenvalue weighted by molar-refractivity contribution is -0.137. The molecule has 0 saturated heterocycles. The number of ether oxygens (including phenoxy) is 2. The first-order valence-electron chi connectivity index (χ1n) is 10.0. The van der Waals surface area contributed by atoms with Crippen molar-refractivity contribution in [3.63, 3.8) is 0 Å². The van der Waals surface area contributed by atoms with Gasteiger partial charge in [0.25, 0.3) is 0 Å². The zero-order chi connectivity index (χ0) is 21.4. The molecule has 0 N–H and O–H groups in total. The van der Waals surface area contributed by atoms with Crippen molar-refractivity contribution in [3.8, 4) is 0 Å². The number of hydrogen-bond acceptors (Lipinski definition) is 3. The maximum absolute atomic E-state index is 14.0. The van der Waals surface area contributed by atoms with E-state index in [2.05, 4.69) is 19.6 Å². The molecule has 1 aromatic carbocycles. The first-order valence-corrected chi connectivity index (χ1v) is 13.7. The molecule has 3 rings (SSSR count). The van der Waals surface area contributed by atoms with Crippen molar-refractivity contribution >= 4 is 24.9 Å². The summed E-state index contributed by atoms with van der Waals surface area (Å²) in [6.45, 7) is 8.51. The summed E-state index contributed by atoms with van der Waals surface area (Å²) in [6.07, 6.45) is -2.71. The van der Waals surface area contributed by atoms with Crippen LogP contribution in [0, 0.1) is 0 Å². The Morgan fingerprint density at radius 1 is 1.24 bits per heavy atom. The fourth-order valence-electron chi connectivity index (χ4n) is 3.41. The van der Waals surface area contributed by atoms with Crippen LogP contribution in [0.2, 0.25) is 25.7 Å². The molecule has 0 bridgehead atoms. The Bertz CT molecular complexity index is 895. The minimum absolute atomic E-state index is 0.00145. The first kappa shape index (κ1) is 21.9. The Morgan fingerprint density at radius 3 is 2.48 bits per heavy atom. The summed E-state index contributed by atoms with van der Waals surface area (Å²) in [4.78, 5) is 12.5. The average Bonchev–Trinajstić information content (AvgIpc) is 3.39. The van der Waals surface area contributed by atoms with Gasteiger partial charge in [0.1, 0.15) is 12.4 Å². The van der Waals surface area contributed by atoms with E-state index in [4.69, 9.17) is 9.47 Å². The number of fused-ring (bicyclic) bond motifs is 1. The normalized spacial score (nSPS) is 15.1. The second-order valence-electron chi connectivity index (χ2n) is 8.77. The molecule has 0 atom stereocenters. The van der Waals surface area contributed by atoms with Crippen LogP contribution in [0.1, 0.15) is 47.3 Å². The second kappa shape index (κ2) is 8.14. The molecule has 2 aromatic rings. The molecule has 8 heteroatoms. The van der Waals surface area contributed by atoms with E-state index in [1.807, 2.05) is 6.07 Å². The van der Waals surface area contributed by atoms with Crippen molar-refractivity contribution < 1.29 is 27.4 Å². The molecule has 1 fully saturated rings. The average molecular weight is 428 g/mol. The lowest BCUT2D eigenvalue weighted by Gasteiger charge is -2.17. The van der Waals surface area contributed by atoms with Crippen LogP contribution in [-0.4, -0.2) is 31.8 Å². The van der Waals surface area contributed by atoms with Gasteiger partial charge in [0, 0.05) is 20.1 Å². The Balaban J connectivity index is 2.08. The fraction of sp³-hybridized carbons (Fsp3) is 0.571. The van der Waals surface area contributed by atoms with Gasteiger partial charge in [0.15, 0.2) is 0 Å². The molecule has 160 valence electrons. The third kappa shape index (κ3) is 5.03. The minimum Gasteiger partial charge on any atom is -0.461 e. The summed E-state index contributed by atoms with van der Waals surface area (Å²) >= 11 is 0. The number of carbonyl (C=O) groups excluding carboxylic acids is 1. The van der Waals surface area contributed by atoms with Crippen molar-refractivity contribution in [1.82, 2.24) is 4.57 Å². The fourth-order valence-corrected chi connectivity index (χ4v) is 4.17. The number of nitrogens with zero attached hydrogens (tertiary/aromatic N) is 1. The highest BCUT2D eigenvalue weighted by molar-refractivity contribution is 6.76. The SMILES string of the molecule is CCOC(=O)c1c(C(F)(F)F)c2cc(C3CC3)ccc2n1COCC[Si](C)(C)C. The maximum Gasteiger partial charge on any atom is 0.419 e. The standard InChI is InChI=1S/C21H28F3NO3Si/c1-5-28-20(26)19-18(21(22,23)24)16-12-15(14-6-7-14)8-9-17(16)25(19)13-27-10-11-29(2,3)4/h8-9,12,14H,5-7,10-11,13H2,1-4H3. The van der Waals surface area contributed by atoms with Gasteiger partial charge in [0.05, 0.1) is 17.7 Å². The number of hydrogen-bond donors (Lipinski definition) is 0. The second-order valence-corrected chi connectivity index (χ2v) is 14.4. The minimum atomic E-state index is -4.67. The van der Waals surface area contributed by atoms with Gasteiger partial charge in [-0.2, -0.15) is 13.2 Å². The molecule has 1 aliphatic carbocycles. The smallest absolute Gasteiger partial charge is 0.419 e. The van der Waals surface area contributed by atoms with Gasteiger partial charge >= 0.3 is 12.1 Å². The predicted molar refractivity (Wildman–Crippen MR) is 109 cm³/mol. The summed E-state index contributed by atoms with van der Waals surface area (Å²) in [7, 11) is -1.34. The van der Waals surface area contributed by atoms with Crippen molar-refractivity contribution in [3.05, 3.63) is 35.0 Å². The lowest BCUT2D eigenvalue weighted by Crippen LogP contribution is -2.23. The number of esters is 1. The topological polar surface area (TPSA) is 40.5 Å². The molecule has 0 unspecified atom stereocenters. The van der Waals surface area contributed by atoms with Gasteiger partial charge in [-0.05, 0) is 49.4 Å². The molecule has 1 aromatic heterocycles. The Hall–Kier alpha value is -1.80. The molecule has 1 heterocycles. The van der Waals surface area contributed by atoms with Gasteiger partial charge in [-0.1, -0.05) is 25.7 Å². The van der Waals surface area contributed by atoms with E-state index in [0.717, 1.165) is 24.4 Å². The van der Waals surface area contributed by atoms with E-state index in [0.29, 0.717) is 18.0 Å². The molecule has 29 heavy (non-hydrogen) atoms. The number of alkyl halides is 3. The highest BCUT2D eigenvalue weighted by atomic mass is 28.3. The largest absolute Gasteiger partial charge is 0.461 e. The third-order valence-electron chi connectivity index (χ3n) is 5.11. The van der Waals surface area contributed by atoms with Crippen molar-refractivity contribution in [2.45, 2.75) is 64.3 Å². The third-order valence-corrected chi connectivity index (χ3v) is 6.81. The van der Waals surface area contributed by atoms with Crippen LogP contribution in [0.3, 0.4) is 0 Å². The number of halogens is 3. The van der Waals surface area contributed by atoms with Crippen LogP contribution in [0.25, 0.3) is 10.9 Å². The van der Waals surface area contributed by atoms with E-state index >= 15 is 0 Å². The zero-order valence-corrected chi connectivity index (χ0v) is 18.4. The van der Waals surface area contributed by atoms with Gasteiger partial charge in [-0.3, -0.25) is 0 Å². The molecular weight excluding hydrogens is 399 g/mol. The molecule has 1 aliphatic rings. The highest BCUT2D eigenvalue weighted by Crippen LogP contribution is 2.44. The van der Waals surface area contributed by atoms with E-state index in [1.54, 1.807) is 19.1 Å². The van der Waals surface area contributed by atoms with E-state index < -0.39 is 31.5 Å². The number of benzene rings is 1. The molecule has 0 radical (unpaired) electrons. The molecular formula is C21H28F3NO3Si. The summed E-state index contributed by atoms with van der Waals surface area (Å²) in [5, 5.41) is 0.0405. The Kier molecular flexibility index (Phi) is 6.15. The molecule has 4 nitrogen and oxygen atoms in total. The highest BCUT2D eigenvalue weighted by Gasteiger charge is 2.42. The quantitative estimate of drug-likeness (QED) is 0.294. The van der Waals surface area contributed by atoms with Crippen molar-refractivity contribution in [2.24, 2.45) is 0 Å². The van der Waals surface area contributed by atoms with Gasteiger partial charge in [-0.15, -0.1) is 0 Å². The molecule has 0 spiro atoms. The number of aromatic nitrogens is 1. The van der Waals surface area contributed by atoms with Crippen LogP contribution < -0.4 is 0 Å². The van der Waals surface area contributed by atoms with Crippen molar-refractivity contribution in [1.29, 1.82) is 0 Å².